The molecule has 0 saturated heterocycles. The summed E-state index contributed by atoms with van der Waals surface area (Å²) >= 11 is 0. The lowest BCUT2D eigenvalue weighted by atomic mass is 10.3. The zero-order chi connectivity index (χ0) is 12.3. The molecule has 0 aliphatic carbocycles. The van der Waals surface area contributed by atoms with Crippen LogP contribution in [-0.2, 0) is 25.9 Å². The molecule has 0 aliphatic heterocycles. The third-order valence-corrected chi connectivity index (χ3v) is 2.84. The van der Waals surface area contributed by atoms with Gasteiger partial charge in [-0.05, 0) is 25.0 Å². The third-order valence-electron chi connectivity index (χ3n) is 2.84. The molecule has 0 fully saturated rings. The second-order valence-corrected chi connectivity index (χ2v) is 4.06. The van der Waals surface area contributed by atoms with Crippen molar-refractivity contribution in [2.75, 3.05) is 5.73 Å². The molecule has 0 aliphatic rings. The number of aromatic nitrogens is 4. The Balaban J connectivity index is 2.05. The van der Waals surface area contributed by atoms with Crippen LogP contribution >= 0.6 is 0 Å². The lowest BCUT2D eigenvalue weighted by molar-refractivity contribution is 0.486. The molecule has 0 amide bonds. The van der Waals surface area contributed by atoms with Gasteiger partial charge in [0, 0.05) is 11.9 Å². The highest BCUT2D eigenvalue weighted by Gasteiger charge is 2.05. The van der Waals surface area contributed by atoms with Gasteiger partial charge in [0.1, 0.15) is 5.82 Å². The van der Waals surface area contributed by atoms with E-state index in [1.807, 2.05) is 10.9 Å². The Bertz CT molecular complexity index is 483. The molecule has 2 aromatic heterocycles. The minimum Gasteiger partial charge on any atom is -0.382 e. The average Bonchev–Trinajstić information content (AvgIpc) is 2.92. The van der Waals surface area contributed by atoms with Gasteiger partial charge in [0.15, 0.2) is 0 Å². The summed E-state index contributed by atoms with van der Waals surface area (Å²) in [5.41, 5.74) is 8.01. The molecule has 2 rings (SSSR count). The molecule has 2 heterocycles. The predicted molar refractivity (Wildman–Crippen MR) is 67.6 cm³/mol. The Labute approximate surface area is 101 Å². The van der Waals surface area contributed by atoms with Gasteiger partial charge in [-0.3, -0.25) is 9.36 Å². The zero-order valence-electron chi connectivity index (χ0n) is 10.4. The topological polar surface area (TPSA) is 61.7 Å². The molecular weight excluding hydrogens is 214 g/mol. The van der Waals surface area contributed by atoms with Crippen LogP contribution in [0.2, 0.25) is 0 Å². The van der Waals surface area contributed by atoms with Crippen molar-refractivity contribution in [2.45, 2.75) is 39.8 Å². The van der Waals surface area contributed by atoms with E-state index >= 15 is 0 Å². The maximum Gasteiger partial charge on any atom is 0.145 e. The Morgan fingerprint density at radius 2 is 2.00 bits per heavy atom. The highest BCUT2D eigenvalue weighted by Crippen LogP contribution is 2.07. The van der Waals surface area contributed by atoms with Gasteiger partial charge in [-0.25, -0.2) is 0 Å². The Kier molecular flexibility index (Phi) is 3.46. The summed E-state index contributed by atoms with van der Waals surface area (Å²) in [5.74, 6) is 0.565. The van der Waals surface area contributed by atoms with Crippen molar-refractivity contribution in [3.63, 3.8) is 0 Å². The lowest BCUT2D eigenvalue weighted by Gasteiger charge is -2.05. The van der Waals surface area contributed by atoms with E-state index in [9.17, 15) is 0 Å². The second kappa shape index (κ2) is 5.03. The van der Waals surface area contributed by atoms with Crippen molar-refractivity contribution in [1.82, 2.24) is 19.6 Å². The van der Waals surface area contributed by atoms with Crippen molar-refractivity contribution in [3.05, 3.63) is 29.7 Å². The highest BCUT2D eigenvalue weighted by molar-refractivity contribution is 5.23. The lowest BCUT2D eigenvalue weighted by Crippen LogP contribution is -2.11. The molecular formula is C12H19N5. The highest BCUT2D eigenvalue weighted by atomic mass is 15.3. The Morgan fingerprint density at radius 1 is 1.18 bits per heavy atom. The summed E-state index contributed by atoms with van der Waals surface area (Å²) in [6.45, 7) is 5.92. The van der Waals surface area contributed by atoms with Crippen molar-refractivity contribution < 1.29 is 0 Å². The number of hydrogen-bond donors (Lipinski definition) is 1. The molecule has 0 bridgehead atoms. The number of nitrogens with zero attached hydrogens (tertiary/aromatic N) is 4. The Hall–Kier alpha value is -1.78. The first-order valence-electron chi connectivity index (χ1n) is 6.07. The monoisotopic (exact) mass is 233 g/mol. The minimum atomic E-state index is 0.565. The minimum absolute atomic E-state index is 0.565. The average molecular weight is 233 g/mol. The van der Waals surface area contributed by atoms with Crippen molar-refractivity contribution in [1.29, 1.82) is 0 Å². The molecule has 2 N–H and O–H groups in total. The molecule has 0 unspecified atom stereocenters. The van der Waals surface area contributed by atoms with Crippen LogP contribution in [0, 0.1) is 0 Å². The van der Waals surface area contributed by atoms with Crippen molar-refractivity contribution in [2.24, 2.45) is 0 Å². The van der Waals surface area contributed by atoms with Crippen LogP contribution in [0.25, 0.3) is 0 Å². The number of nitrogens with two attached hydrogens (primary N) is 1. The first-order valence-corrected chi connectivity index (χ1v) is 6.07. The number of hydrogen-bond acceptors (Lipinski definition) is 3. The number of rotatable bonds is 5. The summed E-state index contributed by atoms with van der Waals surface area (Å²) in [5, 5.41) is 8.73. The molecule has 92 valence electrons. The summed E-state index contributed by atoms with van der Waals surface area (Å²) in [6.07, 6.45) is 3.88. The summed E-state index contributed by atoms with van der Waals surface area (Å²) < 4.78 is 3.92. The van der Waals surface area contributed by atoms with E-state index in [2.05, 4.69) is 34.8 Å². The van der Waals surface area contributed by atoms with Crippen LogP contribution in [0.3, 0.4) is 0 Å². The van der Waals surface area contributed by atoms with E-state index in [-0.39, 0.29) is 0 Å². The van der Waals surface area contributed by atoms with E-state index in [4.69, 9.17) is 5.73 Å². The molecule has 5 heteroatoms. The van der Waals surface area contributed by atoms with Crippen LogP contribution in [0.1, 0.15) is 25.2 Å². The van der Waals surface area contributed by atoms with Gasteiger partial charge < -0.3 is 5.73 Å². The summed E-state index contributed by atoms with van der Waals surface area (Å²) in [6, 6.07) is 3.98. The van der Waals surface area contributed by atoms with Crippen LogP contribution < -0.4 is 5.73 Å². The molecule has 0 aromatic carbocycles. The fourth-order valence-corrected chi connectivity index (χ4v) is 1.87. The van der Waals surface area contributed by atoms with Gasteiger partial charge in [0.2, 0.25) is 0 Å². The van der Waals surface area contributed by atoms with Gasteiger partial charge in [-0.1, -0.05) is 13.8 Å². The normalized spacial score (nSPS) is 10.9. The molecule has 17 heavy (non-hydrogen) atoms. The van der Waals surface area contributed by atoms with Crippen molar-refractivity contribution >= 4 is 5.82 Å². The van der Waals surface area contributed by atoms with Crippen molar-refractivity contribution in [3.8, 4) is 0 Å². The van der Waals surface area contributed by atoms with Gasteiger partial charge in [-0.15, -0.1) is 0 Å². The molecule has 0 atom stereocenters. The SMILES string of the molecule is CCc1cc(CC)n(CCn2ccc(N)n2)n1. The molecule has 0 spiro atoms. The van der Waals surface area contributed by atoms with Gasteiger partial charge in [0.25, 0.3) is 0 Å². The Morgan fingerprint density at radius 3 is 2.59 bits per heavy atom. The van der Waals surface area contributed by atoms with Crippen LogP contribution in [0.15, 0.2) is 18.3 Å². The first kappa shape index (κ1) is 11.7. The first-order chi connectivity index (χ1) is 8.22. The standard InChI is InChI=1S/C12H19N5/c1-3-10-9-11(4-2)17(14-10)8-7-16-6-5-12(13)15-16/h5-6,9H,3-4,7-8H2,1-2H3,(H2,13,15). The quantitative estimate of drug-likeness (QED) is 0.851. The maximum absolute atomic E-state index is 5.57. The predicted octanol–water partition coefficient (Wildman–Crippen LogP) is 1.49. The number of anilines is 1. The molecule has 0 saturated carbocycles. The van der Waals surface area contributed by atoms with Gasteiger partial charge in [0.05, 0.1) is 18.8 Å². The third kappa shape index (κ3) is 2.67. The summed E-state index contributed by atoms with van der Waals surface area (Å²) in [7, 11) is 0. The fraction of sp³-hybridized carbons (Fsp3) is 0.500. The largest absolute Gasteiger partial charge is 0.382 e. The van der Waals surface area contributed by atoms with E-state index in [0.29, 0.717) is 5.82 Å². The fourth-order valence-electron chi connectivity index (χ4n) is 1.87. The van der Waals surface area contributed by atoms with Crippen LogP contribution in [0.4, 0.5) is 5.82 Å². The van der Waals surface area contributed by atoms with E-state index in [1.165, 1.54) is 5.69 Å². The second-order valence-electron chi connectivity index (χ2n) is 4.06. The van der Waals surface area contributed by atoms with Gasteiger partial charge >= 0.3 is 0 Å². The van der Waals surface area contributed by atoms with E-state index in [0.717, 1.165) is 31.6 Å². The van der Waals surface area contributed by atoms with Gasteiger partial charge in [-0.2, -0.15) is 10.2 Å². The zero-order valence-corrected chi connectivity index (χ0v) is 10.4. The molecule has 2 aromatic rings. The smallest absolute Gasteiger partial charge is 0.145 e. The number of aryl methyl sites for hydroxylation is 4. The molecule has 0 radical (unpaired) electrons. The number of nitrogen functional groups attached to an aromatic ring is 1. The molecule has 5 nitrogen and oxygen atoms in total. The van der Waals surface area contributed by atoms with Crippen LogP contribution in [0.5, 0.6) is 0 Å². The maximum atomic E-state index is 5.57. The van der Waals surface area contributed by atoms with Crippen LogP contribution in [-0.4, -0.2) is 19.6 Å². The van der Waals surface area contributed by atoms with E-state index < -0.39 is 0 Å². The van der Waals surface area contributed by atoms with E-state index in [1.54, 1.807) is 6.07 Å². The summed E-state index contributed by atoms with van der Waals surface area (Å²) in [4.78, 5) is 0.